The third kappa shape index (κ3) is 2.02. The molecule has 0 spiro atoms. The highest BCUT2D eigenvalue weighted by Crippen LogP contribution is 2.37. The van der Waals surface area contributed by atoms with Gasteiger partial charge < -0.3 is 9.80 Å². The van der Waals surface area contributed by atoms with Crippen LogP contribution in [0.15, 0.2) is 0 Å². The Bertz CT molecular complexity index is 311. The van der Waals surface area contributed by atoms with Gasteiger partial charge in [-0.3, -0.25) is 9.59 Å². The van der Waals surface area contributed by atoms with E-state index in [0.717, 1.165) is 12.8 Å². The van der Waals surface area contributed by atoms with Crippen molar-refractivity contribution in [3.8, 4) is 0 Å². The predicted molar refractivity (Wildman–Crippen MR) is 69.8 cm³/mol. The van der Waals surface area contributed by atoms with Crippen molar-refractivity contribution in [1.29, 1.82) is 0 Å². The van der Waals surface area contributed by atoms with Crippen molar-refractivity contribution in [2.24, 2.45) is 0 Å². The molecule has 1 aliphatic heterocycles. The number of fused-ring (bicyclic) bond motifs is 1. The molecule has 1 heterocycles. The lowest BCUT2D eigenvalue weighted by molar-refractivity contribution is -0.139. The van der Waals surface area contributed by atoms with Gasteiger partial charge in [-0.2, -0.15) is 0 Å². The lowest BCUT2D eigenvalue weighted by atomic mass is 9.90. The van der Waals surface area contributed by atoms with Crippen LogP contribution in [0.5, 0.6) is 0 Å². The fourth-order valence-electron chi connectivity index (χ4n) is 3.58. The van der Waals surface area contributed by atoms with Crippen molar-refractivity contribution in [3.63, 3.8) is 0 Å². The molecule has 0 N–H and O–H groups in total. The molecule has 2 aliphatic rings. The van der Waals surface area contributed by atoms with Crippen molar-refractivity contribution in [1.82, 2.24) is 9.80 Å². The van der Waals surface area contributed by atoms with E-state index in [1.807, 2.05) is 30.6 Å². The molecule has 2 rings (SSSR count). The van der Waals surface area contributed by atoms with Gasteiger partial charge in [-0.15, -0.1) is 0 Å². The molecule has 4 nitrogen and oxygen atoms in total. The first-order valence-electron chi connectivity index (χ1n) is 7.24. The molecule has 0 unspecified atom stereocenters. The summed E-state index contributed by atoms with van der Waals surface area (Å²) in [5.74, 6) is 0.372. The number of hydrogen-bond donors (Lipinski definition) is 0. The number of hydrogen-bond acceptors (Lipinski definition) is 2. The average molecular weight is 252 g/mol. The van der Waals surface area contributed by atoms with Crippen LogP contribution in [0.2, 0.25) is 0 Å². The Kier molecular flexibility index (Phi) is 3.93. The van der Waals surface area contributed by atoms with Crippen molar-refractivity contribution < 1.29 is 9.59 Å². The van der Waals surface area contributed by atoms with Crippen molar-refractivity contribution in [3.05, 3.63) is 0 Å². The van der Waals surface area contributed by atoms with Crippen molar-refractivity contribution in [2.45, 2.75) is 77.5 Å². The summed E-state index contributed by atoms with van der Waals surface area (Å²) >= 11 is 0. The van der Waals surface area contributed by atoms with Crippen LogP contribution in [-0.4, -0.2) is 39.9 Å². The third-order valence-corrected chi connectivity index (χ3v) is 4.39. The number of carbonyl (C=O) groups excluding carboxylic acids is 2. The predicted octanol–water partition coefficient (Wildman–Crippen LogP) is 2.13. The Hall–Kier alpha value is -1.06. The second kappa shape index (κ2) is 5.29. The SMILES string of the molecule is CCC(=O)N1C(C)N(C(=O)CC)[C@@H]2CCCC[C@H]21. The van der Waals surface area contributed by atoms with E-state index < -0.39 is 0 Å². The van der Waals surface area contributed by atoms with E-state index in [2.05, 4.69) is 0 Å². The minimum absolute atomic E-state index is 0.0574. The van der Waals surface area contributed by atoms with E-state index in [9.17, 15) is 9.59 Å². The minimum atomic E-state index is -0.0574. The first-order valence-corrected chi connectivity index (χ1v) is 7.24. The molecule has 0 bridgehead atoms. The van der Waals surface area contributed by atoms with Crippen LogP contribution < -0.4 is 0 Å². The second-order valence-electron chi connectivity index (χ2n) is 5.36. The zero-order valence-electron chi connectivity index (χ0n) is 11.7. The third-order valence-electron chi connectivity index (χ3n) is 4.39. The summed E-state index contributed by atoms with van der Waals surface area (Å²) in [4.78, 5) is 28.2. The monoisotopic (exact) mass is 252 g/mol. The van der Waals surface area contributed by atoms with Crippen LogP contribution in [0.1, 0.15) is 59.3 Å². The van der Waals surface area contributed by atoms with Crippen LogP contribution in [0.4, 0.5) is 0 Å². The molecule has 1 saturated heterocycles. The first kappa shape index (κ1) is 13.4. The lowest BCUT2D eigenvalue weighted by Gasteiger charge is -2.31. The molecular formula is C14H24N2O2. The Morgan fingerprint density at radius 1 is 0.944 bits per heavy atom. The van der Waals surface area contributed by atoms with E-state index in [-0.39, 0.29) is 30.1 Å². The summed E-state index contributed by atoms with van der Waals surface area (Å²) in [6.45, 7) is 5.80. The van der Waals surface area contributed by atoms with Gasteiger partial charge in [-0.05, 0) is 19.8 Å². The summed E-state index contributed by atoms with van der Waals surface area (Å²) in [5, 5.41) is 0. The molecule has 1 saturated carbocycles. The summed E-state index contributed by atoms with van der Waals surface area (Å²) in [5.41, 5.74) is 0. The van der Waals surface area contributed by atoms with Crippen LogP contribution in [0.3, 0.4) is 0 Å². The van der Waals surface area contributed by atoms with Crippen molar-refractivity contribution in [2.75, 3.05) is 0 Å². The van der Waals surface area contributed by atoms with Crippen LogP contribution in [0.25, 0.3) is 0 Å². The van der Waals surface area contributed by atoms with Gasteiger partial charge in [-0.1, -0.05) is 26.7 Å². The maximum atomic E-state index is 12.1. The van der Waals surface area contributed by atoms with Crippen LogP contribution >= 0.6 is 0 Å². The average Bonchev–Trinajstić information content (AvgIpc) is 2.69. The summed E-state index contributed by atoms with van der Waals surface area (Å²) in [7, 11) is 0. The molecule has 0 aromatic heterocycles. The van der Waals surface area contributed by atoms with Gasteiger partial charge in [0.25, 0.3) is 0 Å². The van der Waals surface area contributed by atoms with Crippen LogP contribution in [-0.2, 0) is 9.59 Å². The Morgan fingerprint density at radius 3 is 1.67 bits per heavy atom. The second-order valence-corrected chi connectivity index (χ2v) is 5.36. The van der Waals surface area contributed by atoms with Gasteiger partial charge in [-0.25, -0.2) is 0 Å². The highest BCUT2D eigenvalue weighted by Gasteiger charge is 2.48. The zero-order chi connectivity index (χ0) is 13.3. The minimum Gasteiger partial charge on any atom is -0.317 e. The molecule has 2 amide bonds. The van der Waals surface area contributed by atoms with Crippen molar-refractivity contribution >= 4 is 11.8 Å². The first-order chi connectivity index (χ1) is 8.61. The summed E-state index contributed by atoms with van der Waals surface area (Å²) in [6, 6.07) is 0.522. The van der Waals surface area contributed by atoms with E-state index in [0.29, 0.717) is 12.8 Å². The van der Waals surface area contributed by atoms with E-state index in [1.165, 1.54) is 12.8 Å². The van der Waals surface area contributed by atoms with Gasteiger partial charge >= 0.3 is 0 Å². The smallest absolute Gasteiger partial charge is 0.224 e. The topological polar surface area (TPSA) is 40.6 Å². The molecular weight excluding hydrogens is 228 g/mol. The quantitative estimate of drug-likeness (QED) is 0.755. The molecule has 4 heteroatoms. The fraction of sp³-hybridized carbons (Fsp3) is 0.857. The number of carbonyl (C=O) groups is 2. The van der Waals surface area contributed by atoms with E-state index in [1.54, 1.807) is 0 Å². The van der Waals surface area contributed by atoms with Gasteiger partial charge in [0.1, 0.15) is 6.17 Å². The maximum Gasteiger partial charge on any atom is 0.224 e. The van der Waals surface area contributed by atoms with Crippen LogP contribution in [0, 0.1) is 0 Å². The van der Waals surface area contributed by atoms with Gasteiger partial charge in [0.05, 0.1) is 12.1 Å². The number of amides is 2. The standard InChI is InChI=1S/C14H24N2O2/c1-4-13(17)15-10(3)16(14(18)5-2)12-9-7-6-8-11(12)15/h10-12H,4-9H2,1-3H3/t11-,12-/m1/s1. The Balaban J connectivity index is 2.27. The zero-order valence-corrected chi connectivity index (χ0v) is 11.7. The summed E-state index contributed by atoms with van der Waals surface area (Å²) < 4.78 is 0. The Morgan fingerprint density at radius 2 is 1.33 bits per heavy atom. The highest BCUT2D eigenvalue weighted by molar-refractivity contribution is 5.81. The normalized spacial score (nSPS) is 28.4. The molecule has 2 atom stereocenters. The van der Waals surface area contributed by atoms with E-state index in [4.69, 9.17) is 0 Å². The number of rotatable bonds is 2. The number of nitrogens with zero attached hydrogens (tertiary/aromatic N) is 2. The Labute approximate surface area is 109 Å². The maximum absolute atomic E-state index is 12.1. The molecule has 102 valence electrons. The van der Waals surface area contributed by atoms with Gasteiger partial charge in [0, 0.05) is 12.8 Å². The molecule has 0 radical (unpaired) electrons. The van der Waals surface area contributed by atoms with E-state index >= 15 is 0 Å². The largest absolute Gasteiger partial charge is 0.317 e. The molecule has 18 heavy (non-hydrogen) atoms. The van der Waals surface area contributed by atoms with Gasteiger partial charge in [0.15, 0.2) is 0 Å². The molecule has 0 aromatic carbocycles. The molecule has 2 fully saturated rings. The fourth-order valence-corrected chi connectivity index (χ4v) is 3.58. The lowest BCUT2D eigenvalue weighted by Crippen LogP contribution is -2.43. The molecule has 1 aliphatic carbocycles. The molecule has 0 aromatic rings. The van der Waals surface area contributed by atoms with Gasteiger partial charge in [0.2, 0.25) is 11.8 Å². The summed E-state index contributed by atoms with van der Waals surface area (Å²) in [6.07, 6.45) is 5.45. The highest BCUT2D eigenvalue weighted by atomic mass is 16.2.